The summed E-state index contributed by atoms with van der Waals surface area (Å²) in [5.41, 5.74) is 2.13. The first-order valence-corrected chi connectivity index (χ1v) is 9.75. The average Bonchev–Trinajstić information content (AvgIpc) is 2.73. The van der Waals surface area contributed by atoms with E-state index < -0.39 is 0 Å². The van der Waals surface area contributed by atoms with Crippen LogP contribution in [0.3, 0.4) is 0 Å². The Hall–Kier alpha value is -2.40. The van der Waals surface area contributed by atoms with E-state index in [2.05, 4.69) is 10.3 Å². The summed E-state index contributed by atoms with van der Waals surface area (Å²) in [7, 11) is 0. The lowest BCUT2D eigenvalue weighted by Gasteiger charge is -2.31. The third-order valence-corrected chi connectivity index (χ3v) is 4.99. The number of pyridine rings is 1. The van der Waals surface area contributed by atoms with Crippen molar-refractivity contribution >= 4 is 5.91 Å². The molecule has 27 heavy (non-hydrogen) atoms. The molecule has 3 rings (SSSR count). The van der Waals surface area contributed by atoms with E-state index in [-0.39, 0.29) is 11.9 Å². The summed E-state index contributed by atoms with van der Waals surface area (Å²) in [6.07, 6.45) is 6.61. The lowest BCUT2D eigenvalue weighted by molar-refractivity contribution is -0.122. The van der Waals surface area contributed by atoms with Gasteiger partial charge in [-0.1, -0.05) is 24.3 Å². The van der Waals surface area contributed by atoms with E-state index in [4.69, 9.17) is 9.47 Å². The predicted octanol–water partition coefficient (Wildman–Crippen LogP) is 3.70. The Morgan fingerprint density at radius 1 is 1.26 bits per heavy atom. The Morgan fingerprint density at radius 2 is 2.07 bits per heavy atom. The molecule has 5 heteroatoms. The van der Waals surface area contributed by atoms with Gasteiger partial charge in [-0.05, 0) is 55.4 Å². The normalized spacial score (nSPS) is 15.9. The van der Waals surface area contributed by atoms with Crippen molar-refractivity contribution in [2.24, 2.45) is 5.92 Å². The van der Waals surface area contributed by atoms with E-state index in [0.717, 1.165) is 42.9 Å². The highest BCUT2D eigenvalue weighted by Crippen LogP contribution is 2.30. The maximum Gasteiger partial charge on any atom is 0.220 e. The second-order valence-electron chi connectivity index (χ2n) is 6.82. The molecular formula is C22H28N2O3. The minimum atomic E-state index is -0.0164. The van der Waals surface area contributed by atoms with E-state index in [1.54, 1.807) is 6.20 Å². The third-order valence-electron chi connectivity index (χ3n) is 4.99. The van der Waals surface area contributed by atoms with E-state index in [9.17, 15) is 4.79 Å². The van der Waals surface area contributed by atoms with Crippen LogP contribution in [-0.4, -0.2) is 30.7 Å². The summed E-state index contributed by atoms with van der Waals surface area (Å²) in [6.45, 7) is 4.09. The first-order chi connectivity index (χ1) is 13.3. The van der Waals surface area contributed by atoms with Crippen molar-refractivity contribution in [1.82, 2.24) is 10.3 Å². The number of nitrogens with zero attached hydrogens (tertiary/aromatic N) is 1. The zero-order chi connectivity index (χ0) is 18.9. The lowest BCUT2D eigenvalue weighted by Crippen LogP contribution is -2.36. The van der Waals surface area contributed by atoms with Crippen molar-refractivity contribution in [2.75, 3.05) is 19.8 Å². The highest BCUT2D eigenvalue weighted by Gasteiger charge is 2.27. The van der Waals surface area contributed by atoms with E-state index in [0.29, 0.717) is 25.4 Å². The first-order valence-electron chi connectivity index (χ1n) is 9.75. The van der Waals surface area contributed by atoms with Crippen molar-refractivity contribution < 1.29 is 14.3 Å². The molecule has 1 saturated heterocycles. The number of carbonyl (C=O) groups is 1. The summed E-state index contributed by atoms with van der Waals surface area (Å²) in [5, 5.41) is 3.25. The van der Waals surface area contributed by atoms with Crippen LogP contribution in [0.2, 0.25) is 0 Å². The predicted molar refractivity (Wildman–Crippen MR) is 105 cm³/mol. The van der Waals surface area contributed by atoms with Crippen LogP contribution in [0.1, 0.15) is 43.4 Å². The van der Waals surface area contributed by atoms with Gasteiger partial charge in [0, 0.05) is 32.0 Å². The van der Waals surface area contributed by atoms with Crippen molar-refractivity contribution in [2.45, 2.75) is 38.6 Å². The molecule has 1 aromatic heterocycles. The molecule has 1 aliphatic heterocycles. The van der Waals surface area contributed by atoms with Gasteiger partial charge in [0.25, 0.3) is 0 Å². The second kappa shape index (κ2) is 10.1. The molecule has 0 bridgehead atoms. The van der Waals surface area contributed by atoms with Crippen LogP contribution in [0.25, 0.3) is 0 Å². The lowest BCUT2D eigenvalue weighted by atomic mass is 9.87. The molecule has 1 unspecified atom stereocenters. The number of aryl methyl sites for hydroxylation is 1. The molecule has 5 nitrogen and oxygen atoms in total. The van der Waals surface area contributed by atoms with Crippen LogP contribution in [0.5, 0.6) is 5.75 Å². The molecule has 144 valence electrons. The van der Waals surface area contributed by atoms with Gasteiger partial charge in [0.15, 0.2) is 0 Å². The standard InChI is InChI=1S/C22H28N2O3/c1-2-27-20-8-4-3-6-17(20)9-10-21(25)24-22(18-11-14-26-15-12-18)19-7-5-13-23-16-19/h3-8,13,16,18,22H,2,9-12,14-15H2,1H3,(H,24,25). The second-order valence-corrected chi connectivity index (χ2v) is 6.82. The van der Waals surface area contributed by atoms with Gasteiger partial charge >= 0.3 is 0 Å². The number of aromatic nitrogens is 1. The largest absolute Gasteiger partial charge is 0.494 e. The summed E-state index contributed by atoms with van der Waals surface area (Å²) in [4.78, 5) is 16.9. The number of carbonyl (C=O) groups excluding carboxylic acids is 1. The Morgan fingerprint density at radius 3 is 2.81 bits per heavy atom. The first kappa shape index (κ1) is 19.4. The van der Waals surface area contributed by atoms with Crippen molar-refractivity contribution in [3.05, 3.63) is 59.9 Å². The summed E-state index contributed by atoms with van der Waals surface area (Å²) >= 11 is 0. The average molecular weight is 368 g/mol. The van der Waals surface area contributed by atoms with Crippen LogP contribution in [-0.2, 0) is 16.0 Å². The fourth-order valence-electron chi connectivity index (χ4n) is 3.58. The Bertz CT molecular complexity index is 715. The molecule has 1 aromatic carbocycles. The minimum Gasteiger partial charge on any atom is -0.494 e. The molecule has 1 fully saturated rings. The number of hydrogen-bond acceptors (Lipinski definition) is 4. The Labute approximate surface area is 161 Å². The van der Waals surface area contributed by atoms with E-state index in [1.807, 2.05) is 49.5 Å². The number of benzene rings is 1. The van der Waals surface area contributed by atoms with Crippen LogP contribution in [0, 0.1) is 5.92 Å². The molecule has 0 radical (unpaired) electrons. The highest BCUT2D eigenvalue weighted by atomic mass is 16.5. The zero-order valence-electron chi connectivity index (χ0n) is 15.9. The smallest absolute Gasteiger partial charge is 0.220 e. The quantitative estimate of drug-likeness (QED) is 0.772. The molecule has 0 saturated carbocycles. The van der Waals surface area contributed by atoms with Gasteiger partial charge in [-0.15, -0.1) is 0 Å². The number of hydrogen-bond donors (Lipinski definition) is 1. The van der Waals surface area contributed by atoms with Gasteiger partial charge in [0.2, 0.25) is 5.91 Å². The highest BCUT2D eigenvalue weighted by molar-refractivity contribution is 5.76. The number of amides is 1. The molecule has 1 N–H and O–H groups in total. The number of nitrogens with one attached hydrogen (secondary N) is 1. The molecule has 2 heterocycles. The van der Waals surface area contributed by atoms with Crippen molar-refractivity contribution in [3.8, 4) is 5.75 Å². The minimum absolute atomic E-state index is 0.0164. The van der Waals surface area contributed by atoms with Crippen LogP contribution < -0.4 is 10.1 Å². The molecule has 1 atom stereocenters. The van der Waals surface area contributed by atoms with Crippen LogP contribution in [0.15, 0.2) is 48.8 Å². The van der Waals surface area contributed by atoms with Crippen LogP contribution in [0.4, 0.5) is 0 Å². The van der Waals surface area contributed by atoms with Gasteiger partial charge in [0.05, 0.1) is 12.6 Å². The Balaban J connectivity index is 1.64. The SMILES string of the molecule is CCOc1ccccc1CCC(=O)NC(c1cccnc1)C1CCOCC1. The number of ether oxygens (including phenoxy) is 2. The maximum atomic E-state index is 12.7. The van der Waals surface area contributed by atoms with Gasteiger partial charge < -0.3 is 14.8 Å². The van der Waals surface area contributed by atoms with Gasteiger partial charge in [-0.2, -0.15) is 0 Å². The summed E-state index contributed by atoms with van der Waals surface area (Å²) < 4.78 is 11.2. The van der Waals surface area contributed by atoms with E-state index in [1.165, 1.54) is 0 Å². The van der Waals surface area contributed by atoms with Gasteiger partial charge in [-0.25, -0.2) is 0 Å². The van der Waals surface area contributed by atoms with Crippen LogP contribution >= 0.6 is 0 Å². The molecule has 0 spiro atoms. The third kappa shape index (κ3) is 5.54. The maximum absolute atomic E-state index is 12.7. The topological polar surface area (TPSA) is 60.5 Å². The van der Waals surface area contributed by atoms with Gasteiger partial charge in [0.1, 0.15) is 5.75 Å². The number of rotatable bonds is 8. The van der Waals surface area contributed by atoms with E-state index >= 15 is 0 Å². The number of para-hydroxylation sites is 1. The Kier molecular flexibility index (Phi) is 7.22. The molecule has 2 aromatic rings. The molecule has 1 aliphatic rings. The summed E-state index contributed by atoms with van der Waals surface area (Å²) in [5.74, 6) is 1.30. The van der Waals surface area contributed by atoms with Crippen molar-refractivity contribution in [3.63, 3.8) is 0 Å². The monoisotopic (exact) mass is 368 g/mol. The van der Waals surface area contributed by atoms with Crippen molar-refractivity contribution in [1.29, 1.82) is 0 Å². The fraction of sp³-hybridized carbons (Fsp3) is 0.455. The fourth-order valence-corrected chi connectivity index (χ4v) is 3.58. The molecular weight excluding hydrogens is 340 g/mol. The summed E-state index contributed by atoms with van der Waals surface area (Å²) in [6, 6.07) is 11.9. The van der Waals surface area contributed by atoms with Gasteiger partial charge in [-0.3, -0.25) is 9.78 Å². The molecule has 1 amide bonds. The molecule has 0 aliphatic carbocycles. The zero-order valence-corrected chi connectivity index (χ0v) is 15.9.